The van der Waals surface area contributed by atoms with Crippen molar-refractivity contribution in [1.82, 2.24) is 14.9 Å². The Morgan fingerprint density at radius 3 is 2.78 bits per heavy atom. The van der Waals surface area contributed by atoms with Crippen molar-refractivity contribution < 1.29 is 23.5 Å². The maximum Gasteiger partial charge on any atom is 0.287 e. The molecule has 2 aromatic carbocycles. The van der Waals surface area contributed by atoms with E-state index in [4.69, 9.17) is 13.9 Å². The highest BCUT2D eigenvalue weighted by Gasteiger charge is 2.22. The van der Waals surface area contributed by atoms with Crippen LogP contribution in [0, 0.1) is 0 Å². The standard InChI is InChI=1S/C23H20N4O5/c1-14(24-23(29)19-7-4-10-30-19)22-26-16-5-2-3-6-17(16)27(22)12-21(28)25-15-8-9-18-20(11-15)32-13-31-18/h2-11,14H,12-13H2,1H3,(H,24,29)(H,25,28). The largest absolute Gasteiger partial charge is 0.459 e. The van der Waals surface area contributed by atoms with Gasteiger partial charge in [0.15, 0.2) is 17.3 Å². The second kappa shape index (κ2) is 8.10. The molecule has 1 atom stereocenters. The molecule has 0 saturated carbocycles. The fourth-order valence-corrected chi connectivity index (χ4v) is 3.65. The van der Waals surface area contributed by atoms with E-state index in [0.29, 0.717) is 23.0 Å². The molecule has 9 heteroatoms. The Hall–Kier alpha value is -4.27. The van der Waals surface area contributed by atoms with Crippen LogP contribution in [-0.4, -0.2) is 28.2 Å². The van der Waals surface area contributed by atoms with Gasteiger partial charge in [-0.25, -0.2) is 4.98 Å². The number of hydrogen-bond donors (Lipinski definition) is 2. The molecule has 2 N–H and O–H groups in total. The van der Waals surface area contributed by atoms with E-state index in [-0.39, 0.29) is 30.9 Å². The first kappa shape index (κ1) is 19.7. The number of aromatic nitrogens is 2. The zero-order valence-electron chi connectivity index (χ0n) is 17.2. The van der Waals surface area contributed by atoms with Crippen LogP contribution in [0.1, 0.15) is 29.3 Å². The quantitative estimate of drug-likeness (QED) is 0.483. The lowest BCUT2D eigenvalue weighted by Gasteiger charge is -2.16. The number of carbonyl (C=O) groups excluding carboxylic acids is 2. The third kappa shape index (κ3) is 3.76. The summed E-state index contributed by atoms with van der Waals surface area (Å²) in [6.07, 6.45) is 1.44. The molecule has 0 aliphatic carbocycles. The summed E-state index contributed by atoms with van der Waals surface area (Å²) in [4.78, 5) is 30.0. The summed E-state index contributed by atoms with van der Waals surface area (Å²) in [5.41, 5.74) is 2.13. The van der Waals surface area contributed by atoms with Gasteiger partial charge in [0.05, 0.1) is 23.3 Å². The predicted molar refractivity (Wildman–Crippen MR) is 116 cm³/mol. The lowest BCUT2D eigenvalue weighted by molar-refractivity contribution is -0.116. The van der Waals surface area contributed by atoms with Gasteiger partial charge in [0.2, 0.25) is 12.7 Å². The number of para-hydroxylation sites is 2. The average Bonchev–Trinajstić information content (AvgIpc) is 3.53. The maximum atomic E-state index is 12.9. The Labute approximate surface area is 182 Å². The van der Waals surface area contributed by atoms with Gasteiger partial charge in [0.25, 0.3) is 5.91 Å². The predicted octanol–water partition coefficient (Wildman–Crippen LogP) is 3.49. The maximum absolute atomic E-state index is 12.9. The van der Waals surface area contributed by atoms with Crippen molar-refractivity contribution >= 4 is 28.5 Å². The molecule has 3 heterocycles. The van der Waals surface area contributed by atoms with Gasteiger partial charge in [0, 0.05) is 11.8 Å². The first-order valence-electron chi connectivity index (χ1n) is 10.1. The lowest BCUT2D eigenvalue weighted by Crippen LogP contribution is -2.29. The molecule has 1 unspecified atom stereocenters. The number of ether oxygens (including phenoxy) is 2. The number of rotatable bonds is 6. The van der Waals surface area contributed by atoms with Gasteiger partial charge in [-0.3, -0.25) is 9.59 Å². The Bertz CT molecular complexity index is 1300. The van der Waals surface area contributed by atoms with Crippen LogP contribution in [0.15, 0.2) is 65.3 Å². The number of benzene rings is 2. The Kier molecular flexibility index (Phi) is 4.98. The van der Waals surface area contributed by atoms with E-state index in [1.807, 2.05) is 31.2 Å². The van der Waals surface area contributed by atoms with Crippen LogP contribution >= 0.6 is 0 Å². The Morgan fingerprint density at radius 2 is 1.94 bits per heavy atom. The average molecular weight is 432 g/mol. The smallest absolute Gasteiger partial charge is 0.287 e. The Morgan fingerprint density at radius 1 is 1.09 bits per heavy atom. The first-order chi connectivity index (χ1) is 15.6. The number of hydrogen-bond acceptors (Lipinski definition) is 6. The van der Waals surface area contributed by atoms with Crippen molar-refractivity contribution in [2.24, 2.45) is 0 Å². The van der Waals surface area contributed by atoms with Gasteiger partial charge < -0.3 is 29.1 Å². The highest BCUT2D eigenvalue weighted by Crippen LogP contribution is 2.34. The normalized spacial score (nSPS) is 13.2. The van der Waals surface area contributed by atoms with E-state index in [0.717, 1.165) is 11.0 Å². The summed E-state index contributed by atoms with van der Waals surface area (Å²) < 4.78 is 17.6. The molecular weight excluding hydrogens is 412 g/mol. The second-order valence-corrected chi connectivity index (χ2v) is 7.33. The van der Waals surface area contributed by atoms with Crippen LogP contribution in [0.3, 0.4) is 0 Å². The summed E-state index contributed by atoms with van der Waals surface area (Å²) in [6, 6.07) is 15.5. The molecule has 0 saturated heterocycles. The van der Waals surface area contributed by atoms with E-state index in [9.17, 15) is 9.59 Å². The second-order valence-electron chi connectivity index (χ2n) is 7.33. The monoisotopic (exact) mass is 432 g/mol. The van der Waals surface area contributed by atoms with Gasteiger partial charge in [-0.15, -0.1) is 0 Å². The number of imidazole rings is 1. The zero-order valence-corrected chi connectivity index (χ0v) is 17.2. The molecule has 162 valence electrons. The summed E-state index contributed by atoms with van der Waals surface area (Å²) in [5.74, 6) is 1.41. The molecule has 0 spiro atoms. The topological polar surface area (TPSA) is 108 Å². The first-order valence-corrected chi connectivity index (χ1v) is 10.1. The van der Waals surface area contributed by atoms with Gasteiger partial charge in [0.1, 0.15) is 12.4 Å². The summed E-state index contributed by atoms with van der Waals surface area (Å²) in [6.45, 7) is 2.00. The molecule has 0 fully saturated rings. The highest BCUT2D eigenvalue weighted by atomic mass is 16.7. The van der Waals surface area contributed by atoms with Crippen LogP contribution < -0.4 is 20.1 Å². The fourth-order valence-electron chi connectivity index (χ4n) is 3.65. The minimum atomic E-state index is -0.460. The van der Waals surface area contributed by atoms with Gasteiger partial charge >= 0.3 is 0 Å². The van der Waals surface area contributed by atoms with E-state index >= 15 is 0 Å². The van der Waals surface area contributed by atoms with E-state index in [1.165, 1.54) is 6.26 Å². The molecule has 0 bridgehead atoms. The third-order valence-corrected chi connectivity index (χ3v) is 5.12. The molecule has 2 aromatic heterocycles. The van der Waals surface area contributed by atoms with E-state index in [1.54, 1.807) is 34.9 Å². The van der Waals surface area contributed by atoms with Crippen LogP contribution in [0.2, 0.25) is 0 Å². The van der Waals surface area contributed by atoms with Crippen molar-refractivity contribution in [3.63, 3.8) is 0 Å². The zero-order chi connectivity index (χ0) is 22.1. The van der Waals surface area contributed by atoms with Gasteiger partial charge in [-0.2, -0.15) is 0 Å². The molecule has 1 aliphatic rings. The third-order valence-electron chi connectivity index (χ3n) is 5.12. The van der Waals surface area contributed by atoms with Gasteiger partial charge in [-0.1, -0.05) is 12.1 Å². The molecule has 32 heavy (non-hydrogen) atoms. The number of amides is 2. The van der Waals surface area contributed by atoms with Crippen LogP contribution in [-0.2, 0) is 11.3 Å². The number of anilines is 1. The van der Waals surface area contributed by atoms with Crippen molar-refractivity contribution in [3.8, 4) is 11.5 Å². The van der Waals surface area contributed by atoms with E-state index < -0.39 is 6.04 Å². The number of carbonyl (C=O) groups is 2. The van der Waals surface area contributed by atoms with Crippen LogP contribution in [0.4, 0.5) is 5.69 Å². The Balaban J connectivity index is 1.38. The number of furan rings is 1. The van der Waals surface area contributed by atoms with Crippen LogP contribution in [0.25, 0.3) is 11.0 Å². The molecule has 9 nitrogen and oxygen atoms in total. The molecule has 0 radical (unpaired) electrons. The van der Waals surface area contributed by atoms with Crippen molar-refractivity contribution in [1.29, 1.82) is 0 Å². The number of nitrogens with one attached hydrogen (secondary N) is 2. The number of fused-ring (bicyclic) bond motifs is 2. The van der Waals surface area contributed by atoms with E-state index in [2.05, 4.69) is 15.6 Å². The molecule has 2 amide bonds. The summed E-state index contributed by atoms with van der Waals surface area (Å²) in [7, 11) is 0. The van der Waals surface area contributed by atoms with Crippen molar-refractivity contribution in [2.45, 2.75) is 19.5 Å². The lowest BCUT2D eigenvalue weighted by atomic mass is 10.2. The number of nitrogens with zero attached hydrogens (tertiary/aromatic N) is 2. The highest BCUT2D eigenvalue weighted by molar-refractivity contribution is 5.93. The summed E-state index contributed by atoms with van der Waals surface area (Å²) in [5, 5.41) is 5.75. The molecule has 4 aromatic rings. The van der Waals surface area contributed by atoms with Crippen molar-refractivity contribution in [2.75, 3.05) is 12.1 Å². The molecule has 1 aliphatic heterocycles. The minimum absolute atomic E-state index is 0.0191. The molecule has 5 rings (SSSR count). The fraction of sp³-hybridized carbons (Fsp3) is 0.174. The summed E-state index contributed by atoms with van der Waals surface area (Å²) >= 11 is 0. The molecular formula is C23H20N4O5. The van der Waals surface area contributed by atoms with Crippen LogP contribution in [0.5, 0.6) is 11.5 Å². The van der Waals surface area contributed by atoms with Gasteiger partial charge in [-0.05, 0) is 43.3 Å². The SMILES string of the molecule is CC(NC(=O)c1ccco1)c1nc2ccccc2n1CC(=O)Nc1ccc2c(c1)OCO2. The minimum Gasteiger partial charge on any atom is -0.459 e. The van der Waals surface area contributed by atoms with Crippen molar-refractivity contribution in [3.05, 3.63) is 72.4 Å².